The Bertz CT molecular complexity index is 368. The Morgan fingerprint density at radius 2 is 2.23 bits per heavy atom. The summed E-state index contributed by atoms with van der Waals surface area (Å²) in [7, 11) is 0. The second kappa shape index (κ2) is 3.09. The summed E-state index contributed by atoms with van der Waals surface area (Å²) in [5, 5.41) is 3.67. The van der Waals surface area contributed by atoms with Crippen molar-refractivity contribution in [1.82, 2.24) is 0 Å². The average molecular weight is 174 g/mol. The molecule has 2 rings (SSSR count). The van der Waals surface area contributed by atoms with Crippen LogP contribution in [-0.4, -0.2) is 6.04 Å². The predicted molar refractivity (Wildman–Crippen MR) is 50.0 cm³/mol. The van der Waals surface area contributed by atoms with Crippen LogP contribution >= 0.6 is 0 Å². The zero-order valence-electron chi connectivity index (χ0n) is 7.09. The highest BCUT2D eigenvalue weighted by molar-refractivity contribution is 5.36. The SMILES string of the molecule is [N-]=[N+]=N[C@H]1Cc2ccccc2[C@@H]1N. The van der Waals surface area contributed by atoms with Crippen LogP contribution in [0.2, 0.25) is 0 Å². The van der Waals surface area contributed by atoms with Crippen molar-refractivity contribution in [2.24, 2.45) is 10.8 Å². The van der Waals surface area contributed by atoms with Crippen LogP contribution in [0.4, 0.5) is 0 Å². The minimum absolute atomic E-state index is 0.109. The summed E-state index contributed by atoms with van der Waals surface area (Å²) >= 11 is 0. The summed E-state index contributed by atoms with van der Waals surface area (Å²) in [4.78, 5) is 2.80. The van der Waals surface area contributed by atoms with Gasteiger partial charge in [0.25, 0.3) is 0 Å². The van der Waals surface area contributed by atoms with Gasteiger partial charge in [0.05, 0.1) is 6.04 Å². The lowest BCUT2D eigenvalue weighted by Crippen LogP contribution is -2.19. The molecule has 0 aromatic heterocycles. The summed E-state index contributed by atoms with van der Waals surface area (Å²) in [5.41, 5.74) is 16.6. The van der Waals surface area contributed by atoms with Crippen LogP contribution in [-0.2, 0) is 6.42 Å². The van der Waals surface area contributed by atoms with E-state index in [-0.39, 0.29) is 12.1 Å². The third kappa shape index (κ3) is 1.26. The first kappa shape index (κ1) is 8.10. The third-order valence-electron chi connectivity index (χ3n) is 2.46. The van der Waals surface area contributed by atoms with Gasteiger partial charge in [-0.25, -0.2) is 0 Å². The van der Waals surface area contributed by atoms with Crippen molar-refractivity contribution in [1.29, 1.82) is 0 Å². The molecule has 1 aliphatic carbocycles. The first-order valence-corrected chi connectivity index (χ1v) is 4.20. The fraction of sp³-hybridized carbons (Fsp3) is 0.333. The van der Waals surface area contributed by atoms with Gasteiger partial charge in [0.15, 0.2) is 0 Å². The Kier molecular flexibility index (Phi) is 1.93. The van der Waals surface area contributed by atoms with Crippen molar-refractivity contribution < 1.29 is 0 Å². The van der Waals surface area contributed by atoms with Gasteiger partial charge in [-0.2, -0.15) is 0 Å². The Hall–Kier alpha value is -1.51. The van der Waals surface area contributed by atoms with Crippen molar-refractivity contribution in [2.45, 2.75) is 18.5 Å². The maximum Gasteiger partial charge on any atom is 0.0607 e. The number of nitrogens with zero attached hydrogens (tertiary/aromatic N) is 3. The molecule has 0 aliphatic heterocycles. The zero-order chi connectivity index (χ0) is 9.26. The number of hydrogen-bond acceptors (Lipinski definition) is 2. The van der Waals surface area contributed by atoms with Crippen molar-refractivity contribution in [2.75, 3.05) is 0 Å². The second-order valence-electron chi connectivity index (χ2n) is 3.20. The topological polar surface area (TPSA) is 74.8 Å². The highest BCUT2D eigenvalue weighted by Crippen LogP contribution is 2.31. The van der Waals surface area contributed by atoms with Crippen LogP contribution in [0.15, 0.2) is 29.4 Å². The first-order valence-electron chi connectivity index (χ1n) is 4.20. The Labute approximate surface area is 76.0 Å². The molecule has 0 saturated heterocycles. The van der Waals surface area contributed by atoms with E-state index < -0.39 is 0 Å². The molecule has 4 nitrogen and oxygen atoms in total. The van der Waals surface area contributed by atoms with Gasteiger partial charge in [-0.15, -0.1) is 0 Å². The number of azide groups is 1. The average Bonchev–Trinajstić information content (AvgIpc) is 2.46. The van der Waals surface area contributed by atoms with Crippen LogP contribution in [0.3, 0.4) is 0 Å². The standard InChI is InChI=1S/C9H10N4/c10-9-7-4-2-1-3-6(7)5-8(9)12-13-11/h1-4,8-9H,5,10H2/t8-,9-/m0/s1. The quantitative estimate of drug-likeness (QED) is 0.394. The molecule has 1 aromatic rings. The van der Waals surface area contributed by atoms with Crippen LogP contribution in [0, 0.1) is 0 Å². The van der Waals surface area contributed by atoms with Crippen molar-refractivity contribution in [3.8, 4) is 0 Å². The molecule has 1 aromatic carbocycles. The molecule has 0 amide bonds. The molecular weight excluding hydrogens is 164 g/mol. The smallest absolute Gasteiger partial charge is 0.0607 e. The molecule has 0 spiro atoms. The molecule has 2 atom stereocenters. The normalized spacial score (nSPS) is 25.0. The fourth-order valence-corrected chi connectivity index (χ4v) is 1.78. The lowest BCUT2D eigenvalue weighted by Gasteiger charge is -2.08. The van der Waals surface area contributed by atoms with E-state index in [9.17, 15) is 0 Å². The highest BCUT2D eigenvalue weighted by Gasteiger charge is 2.27. The van der Waals surface area contributed by atoms with E-state index >= 15 is 0 Å². The summed E-state index contributed by atoms with van der Waals surface area (Å²) in [6, 6.07) is 7.71. The summed E-state index contributed by atoms with van der Waals surface area (Å²) in [6.45, 7) is 0. The maximum absolute atomic E-state index is 8.33. The van der Waals surface area contributed by atoms with Gasteiger partial charge in [-0.1, -0.05) is 29.4 Å². The minimum atomic E-state index is -0.132. The number of rotatable bonds is 1. The monoisotopic (exact) mass is 174 g/mol. The van der Waals surface area contributed by atoms with Gasteiger partial charge in [0.1, 0.15) is 0 Å². The Morgan fingerprint density at radius 1 is 1.46 bits per heavy atom. The van der Waals surface area contributed by atoms with Crippen LogP contribution in [0.5, 0.6) is 0 Å². The number of nitrogens with two attached hydrogens (primary N) is 1. The molecule has 13 heavy (non-hydrogen) atoms. The Morgan fingerprint density at radius 3 is 2.92 bits per heavy atom. The number of benzene rings is 1. The number of fused-ring (bicyclic) bond motifs is 1. The van der Waals surface area contributed by atoms with Crippen molar-refractivity contribution in [3.05, 3.63) is 45.8 Å². The highest BCUT2D eigenvalue weighted by atomic mass is 15.2. The largest absolute Gasteiger partial charge is 0.324 e. The molecule has 1 aliphatic rings. The van der Waals surface area contributed by atoms with Gasteiger partial charge in [0, 0.05) is 11.0 Å². The first-order chi connectivity index (χ1) is 6.33. The molecule has 66 valence electrons. The maximum atomic E-state index is 8.33. The van der Waals surface area contributed by atoms with Gasteiger partial charge in [0.2, 0.25) is 0 Å². The lowest BCUT2D eigenvalue weighted by atomic mass is 10.1. The van der Waals surface area contributed by atoms with Gasteiger partial charge < -0.3 is 5.73 Å². The van der Waals surface area contributed by atoms with E-state index in [1.54, 1.807) is 0 Å². The molecule has 4 heteroatoms. The van der Waals surface area contributed by atoms with E-state index in [1.807, 2.05) is 24.3 Å². The molecular formula is C9H10N4. The molecule has 0 saturated carbocycles. The van der Waals surface area contributed by atoms with E-state index in [4.69, 9.17) is 11.3 Å². The second-order valence-corrected chi connectivity index (χ2v) is 3.20. The third-order valence-corrected chi connectivity index (χ3v) is 2.46. The number of hydrogen-bond donors (Lipinski definition) is 1. The van der Waals surface area contributed by atoms with Crippen LogP contribution in [0.1, 0.15) is 17.2 Å². The zero-order valence-corrected chi connectivity index (χ0v) is 7.09. The molecule has 0 radical (unpaired) electrons. The van der Waals surface area contributed by atoms with Crippen LogP contribution in [0.25, 0.3) is 10.4 Å². The molecule has 0 bridgehead atoms. The molecule has 2 N–H and O–H groups in total. The molecule has 0 fully saturated rings. The minimum Gasteiger partial charge on any atom is -0.324 e. The molecule has 0 unspecified atom stereocenters. The Balaban J connectivity index is 2.37. The molecule has 0 heterocycles. The van der Waals surface area contributed by atoms with E-state index in [1.165, 1.54) is 5.56 Å². The summed E-state index contributed by atoms with van der Waals surface area (Å²) in [5.74, 6) is 0. The van der Waals surface area contributed by atoms with Crippen molar-refractivity contribution >= 4 is 0 Å². The van der Waals surface area contributed by atoms with E-state index in [2.05, 4.69) is 10.0 Å². The van der Waals surface area contributed by atoms with Gasteiger partial charge >= 0.3 is 0 Å². The summed E-state index contributed by atoms with van der Waals surface area (Å²) < 4.78 is 0. The predicted octanol–water partition coefficient (Wildman–Crippen LogP) is 1.92. The summed E-state index contributed by atoms with van der Waals surface area (Å²) in [6.07, 6.45) is 0.765. The fourth-order valence-electron chi connectivity index (χ4n) is 1.78. The van der Waals surface area contributed by atoms with E-state index in [0.29, 0.717) is 0 Å². The van der Waals surface area contributed by atoms with Crippen molar-refractivity contribution in [3.63, 3.8) is 0 Å². The van der Waals surface area contributed by atoms with Gasteiger partial charge in [-0.3, -0.25) is 0 Å². The lowest BCUT2D eigenvalue weighted by molar-refractivity contribution is 0.589. The van der Waals surface area contributed by atoms with E-state index in [0.717, 1.165) is 12.0 Å². The van der Waals surface area contributed by atoms with Gasteiger partial charge in [-0.05, 0) is 23.1 Å². The van der Waals surface area contributed by atoms with Crippen LogP contribution < -0.4 is 5.73 Å².